The highest BCUT2D eigenvalue weighted by molar-refractivity contribution is 6.24. The van der Waals surface area contributed by atoms with Gasteiger partial charge in [-0.15, -0.1) is 0 Å². The highest BCUT2D eigenvalue weighted by Crippen LogP contribution is 2.40. The van der Waals surface area contributed by atoms with Crippen LogP contribution in [0.1, 0.15) is 0 Å². The van der Waals surface area contributed by atoms with Crippen molar-refractivity contribution in [2.45, 2.75) is 0 Å². The summed E-state index contributed by atoms with van der Waals surface area (Å²) in [5.41, 5.74) is 9.12. The maximum absolute atomic E-state index is 4.92. The molecule has 0 unspecified atom stereocenters. The lowest BCUT2D eigenvalue weighted by Crippen LogP contribution is -1.91. The number of imidazole rings is 1. The van der Waals surface area contributed by atoms with Crippen LogP contribution in [0.2, 0.25) is 0 Å². The zero-order valence-electron chi connectivity index (χ0n) is 25.4. The Morgan fingerprint density at radius 2 is 0.872 bits per heavy atom. The van der Waals surface area contributed by atoms with Gasteiger partial charge in [-0.25, -0.2) is 9.97 Å². The smallest absolute Gasteiger partial charge is 0.234 e. The van der Waals surface area contributed by atoms with Gasteiger partial charge in [0.15, 0.2) is 0 Å². The Kier molecular flexibility index (Phi) is 5.57. The number of nitrogens with zero attached hydrogens (tertiary/aromatic N) is 3. The van der Waals surface area contributed by atoms with Crippen LogP contribution in [0.15, 0.2) is 164 Å². The Labute approximate surface area is 271 Å². The molecule has 0 N–H and O–H groups in total. The summed E-state index contributed by atoms with van der Waals surface area (Å²) < 4.78 is 2.09. The van der Waals surface area contributed by atoms with E-state index >= 15 is 0 Å². The largest absolute Gasteiger partial charge is 0.283 e. The van der Waals surface area contributed by atoms with Gasteiger partial charge >= 0.3 is 0 Å². The first-order chi connectivity index (χ1) is 23.3. The van der Waals surface area contributed by atoms with Crippen LogP contribution < -0.4 is 0 Å². The first-order valence-corrected chi connectivity index (χ1v) is 16.0. The van der Waals surface area contributed by atoms with Gasteiger partial charge in [-0.2, -0.15) is 0 Å². The Hall–Kier alpha value is -6.32. The van der Waals surface area contributed by atoms with E-state index in [1.807, 2.05) is 18.3 Å². The summed E-state index contributed by atoms with van der Waals surface area (Å²) >= 11 is 0. The summed E-state index contributed by atoms with van der Waals surface area (Å²) in [6.07, 6.45) is 3.84. The molecule has 2 heterocycles. The van der Waals surface area contributed by atoms with E-state index < -0.39 is 0 Å². The fourth-order valence-corrected chi connectivity index (χ4v) is 7.33. The van der Waals surface area contributed by atoms with E-state index in [9.17, 15) is 0 Å². The zero-order chi connectivity index (χ0) is 30.9. The van der Waals surface area contributed by atoms with Gasteiger partial charge in [-0.3, -0.25) is 4.40 Å². The molecule has 8 aromatic carbocycles. The lowest BCUT2D eigenvalue weighted by molar-refractivity contribution is 1.11. The maximum Gasteiger partial charge on any atom is 0.234 e. The summed E-state index contributed by atoms with van der Waals surface area (Å²) in [4.78, 5) is 9.46. The quantitative estimate of drug-likeness (QED) is 0.189. The average molecular weight is 598 g/mol. The van der Waals surface area contributed by atoms with Crippen LogP contribution in [0.5, 0.6) is 0 Å². The average Bonchev–Trinajstić information content (AvgIpc) is 3.53. The zero-order valence-corrected chi connectivity index (χ0v) is 25.4. The molecule has 0 aliphatic carbocycles. The molecule has 47 heavy (non-hydrogen) atoms. The summed E-state index contributed by atoms with van der Waals surface area (Å²) in [6, 6.07) is 54.9. The molecule has 10 aromatic rings. The van der Waals surface area contributed by atoms with Crippen molar-refractivity contribution >= 4 is 48.9 Å². The van der Waals surface area contributed by atoms with Crippen LogP contribution in [0.4, 0.5) is 0 Å². The maximum atomic E-state index is 4.92. The number of hydrogen-bond donors (Lipinski definition) is 0. The van der Waals surface area contributed by atoms with Gasteiger partial charge in [-0.05, 0) is 108 Å². The topological polar surface area (TPSA) is 30.2 Å². The first kappa shape index (κ1) is 26.0. The minimum absolute atomic E-state index is 0.697. The van der Waals surface area contributed by atoms with E-state index in [4.69, 9.17) is 4.98 Å². The fraction of sp³-hybridized carbons (Fsp3) is 0. The van der Waals surface area contributed by atoms with Crippen molar-refractivity contribution in [3.05, 3.63) is 164 Å². The van der Waals surface area contributed by atoms with Crippen molar-refractivity contribution in [1.82, 2.24) is 14.4 Å². The van der Waals surface area contributed by atoms with Crippen LogP contribution in [0.25, 0.3) is 93.6 Å². The third-order valence-electron chi connectivity index (χ3n) is 9.54. The van der Waals surface area contributed by atoms with E-state index in [0.29, 0.717) is 5.78 Å². The Bertz CT molecular complexity index is 2710. The Balaban J connectivity index is 1.07. The molecular weight excluding hydrogens is 571 g/mol. The second kappa shape index (κ2) is 10.1. The number of rotatable bonds is 4. The van der Waals surface area contributed by atoms with Gasteiger partial charge in [0.25, 0.3) is 0 Å². The summed E-state index contributed by atoms with van der Waals surface area (Å²) in [5, 5.41) is 10.2. The predicted octanol–water partition coefficient (Wildman–Crippen LogP) is 11.4. The van der Waals surface area contributed by atoms with Crippen molar-refractivity contribution < 1.29 is 0 Å². The molecule has 0 fully saturated rings. The molecule has 0 saturated heterocycles. The molecule has 0 aliphatic heterocycles. The lowest BCUT2D eigenvalue weighted by Gasteiger charge is -2.15. The SMILES string of the molecule is c1ccc(-c2cc3ccc4cc(-c5ccc6cc(-c7c(-c8ccccc8)nc8ncccn78)ccc6c5)cc5ccc(c2)c3c45)cc1. The summed E-state index contributed by atoms with van der Waals surface area (Å²) in [5.74, 6) is 0.697. The van der Waals surface area contributed by atoms with E-state index in [1.54, 1.807) is 6.20 Å². The number of fused-ring (bicyclic) bond motifs is 2. The molecule has 0 saturated carbocycles. The van der Waals surface area contributed by atoms with Crippen molar-refractivity contribution in [2.24, 2.45) is 0 Å². The molecule has 0 amide bonds. The number of hydrogen-bond acceptors (Lipinski definition) is 2. The van der Waals surface area contributed by atoms with Gasteiger partial charge in [0, 0.05) is 23.5 Å². The molecule has 218 valence electrons. The van der Waals surface area contributed by atoms with Crippen LogP contribution in [-0.2, 0) is 0 Å². The Morgan fingerprint density at radius 1 is 0.383 bits per heavy atom. The van der Waals surface area contributed by atoms with Gasteiger partial charge < -0.3 is 0 Å². The molecule has 10 rings (SSSR count). The highest BCUT2D eigenvalue weighted by atomic mass is 15.1. The van der Waals surface area contributed by atoms with Crippen molar-refractivity contribution in [2.75, 3.05) is 0 Å². The van der Waals surface area contributed by atoms with Crippen LogP contribution in [-0.4, -0.2) is 14.4 Å². The standard InChI is InChI=1S/C44H27N3/c1-3-8-28(9-4-1)38-24-33-15-17-35-26-39(27-36-18-16-34(25-38)40(33)41(35)36)32-13-12-31-23-37(19-14-30(31)22-32)43-42(29-10-5-2-6-11-29)46-44-45-20-7-21-47(43)44/h1-27H. The lowest BCUT2D eigenvalue weighted by atomic mass is 9.89. The summed E-state index contributed by atoms with van der Waals surface area (Å²) in [6.45, 7) is 0. The monoisotopic (exact) mass is 597 g/mol. The minimum Gasteiger partial charge on any atom is -0.283 e. The van der Waals surface area contributed by atoms with Crippen molar-refractivity contribution in [1.29, 1.82) is 0 Å². The molecule has 0 aliphatic rings. The van der Waals surface area contributed by atoms with Gasteiger partial charge in [0.2, 0.25) is 5.78 Å². The third kappa shape index (κ3) is 4.14. The third-order valence-corrected chi connectivity index (χ3v) is 9.54. The molecule has 2 aromatic heterocycles. The minimum atomic E-state index is 0.697. The molecule has 0 bridgehead atoms. The first-order valence-electron chi connectivity index (χ1n) is 16.0. The van der Waals surface area contributed by atoms with Gasteiger partial charge in [0.05, 0.1) is 11.4 Å². The summed E-state index contributed by atoms with van der Waals surface area (Å²) in [7, 11) is 0. The van der Waals surface area contributed by atoms with E-state index in [-0.39, 0.29) is 0 Å². The second-order valence-electron chi connectivity index (χ2n) is 12.3. The van der Waals surface area contributed by atoms with E-state index in [0.717, 1.165) is 22.5 Å². The molecule has 3 heteroatoms. The van der Waals surface area contributed by atoms with Gasteiger partial charge in [0.1, 0.15) is 0 Å². The molecule has 0 spiro atoms. The van der Waals surface area contributed by atoms with Crippen molar-refractivity contribution in [3.8, 4) is 44.8 Å². The second-order valence-corrected chi connectivity index (χ2v) is 12.3. The van der Waals surface area contributed by atoms with Gasteiger partial charge in [-0.1, -0.05) is 109 Å². The fourth-order valence-electron chi connectivity index (χ4n) is 7.33. The van der Waals surface area contributed by atoms with Crippen molar-refractivity contribution in [3.63, 3.8) is 0 Å². The predicted molar refractivity (Wildman–Crippen MR) is 196 cm³/mol. The molecule has 3 nitrogen and oxygen atoms in total. The van der Waals surface area contributed by atoms with E-state index in [2.05, 4.69) is 149 Å². The normalized spacial score (nSPS) is 11.8. The highest BCUT2D eigenvalue weighted by Gasteiger charge is 2.17. The number of benzene rings is 8. The van der Waals surface area contributed by atoms with Crippen LogP contribution in [0, 0.1) is 0 Å². The molecule has 0 radical (unpaired) electrons. The molecule has 0 atom stereocenters. The van der Waals surface area contributed by atoms with E-state index in [1.165, 1.54) is 65.3 Å². The number of aromatic nitrogens is 3. The Morgan fingerprint density at radius 3 is 1.49 bits per heavy atom. The van der Waals surface area contributed by atoms with Crippen LogP contribution in [0.3, 0.4) is 0 Å². The molecular formula is C44H27N3. The van der Waals surface area contributed by atoms with Crippen LogP contribution >= 0.6 is 0 Å².